The maximum absolute atomic E-state index is 13.2. The maximum atomic E-state index is 13.2. The van der Waals surface area contributed by atoms with E-state index < -0.39 is 33.4 Å². The molecule has 1 fully saturated rings. The van der Waals surface area contributed by atoms with Crippen molar-refractivity contribution in [2.75, 3.05) is 18.4 Å². The first-order chi connectivity index (χ1) is 14.1. The highest BCUT2D eigenvalue weighted by atomic mass is 35.5. The number of carbonyl (C=O) groups excluding carboxylic acids is 1. The van der Waals surface area contributed by atoms with Gasteiger partial charge in [0.15, 0.2) is 0 Å². The Kier molecular flexibility index (Phi) is 6.74. The van der Waals surface area contributed by atoms with Gasteiger partial charge in [-0.1, -0.05) is 36.6 Å². The van der Waals surface area contributed by atoms with E-state index in [2.05, 4.69) is 5.32 Å². The van der Waals surface area contributed by atoms with E-state index in [-0.39, 0.29) is 15.5 Å². The average Bonchev–Trinajstić information content (AvgIpc) is 2.98. The second-order valence-electron chi connectivity index (χ2n) is 6.96. The summed E-state index contributed by atoms with van der Waals surface area (Å²) < 4.78 is 66.9. The van der Waals surface area contributed by atoms with E-state index in [1.165, 1.54) is 28.6 Å². The van der Waals surface area contributed by atoms with Crippen LogP contribution in [0.3, 0.4) is 0 Å². The molecule has 0 saturated carbocycles. The van der Waals surface area contributed by atoms with Gasteiger partial charge in [0.05, 0.1) is 16.3 Å². The lowest BCUT2D eigenvalue weighted by Crippen LogP contribution is -2.32. The molecule has 0 radical (unpaired) electrons. The summed E-state index contributed by atoms with van der Waals surface area (Å²) in [6.45, 7) is 0.710. The highest BCUT2D eigenvalue weighted by molar-refractivity contribution is 7.89. The summed E-state index contributed by atoms with van der Waals surface area (Å²) in [7, 11) is -3.93. The fourth-order valence-corrected chi connectivity index (χ4v) is 5.31. The molecule has 1 aliphatic heterocycles. The highest BCUT2D eigenvalue weighted by Crippen LogP contribution is 2.35. The molecule has 0 bridgehead atoms. The first-order valence-corrected chi connectivity index (χ1v) is 11.2. The number of nitrogens with one attached hydrogen (secondary N) is 1. The van der Waals surface area contributed by atoms with Gasteiger partial charge in [-0.2, -0.15) is 17.5 Å². The van der Waals surface area contributed by atoms with Crippen molar-refractivity contribution in [3.63, 3.8) is 0 Å². The van der Waals surface area contributed by atoms with Crippen LogP contribution in [0.5, 0.6) is 0 Å². The molecule has 1 saturated heterocycles. The minimum Gasteiger partial charge on any atom is -0.321 e. The molecule has 1 aliphatic rings. The molecule has 0 spiro atoms. The van der Waals surface area contributed by atoms with Gasteiger partial charge in [0.2, 0.25) is 10.0 Å². The van der Waals surface area contributed by atoms with Gasteiger partial charge in [0.25, 0.3) is 5.91 Å². The molecule has 10 heteroatoms. The summed E-state index contributed by atoms with van der Waals surface area (Å²) in [5.41, 5.74) is -1.52. The molecular weight excluding hydrogens is 441 g/mol. The minimum atomic E-state index is -4.65. The fraction of sp³-hybridized carbons (Fsp3) is 0.350. The molecule has 162 valence electrons. The average molecular weight is 461 g/mol. The van der Waals surface area contributed by atoms with Crippen molar-refractivity contribution >= 4 is 33.2 Å². The minimum absolute atomic E-state index is 0.0495. The Morgan fingerprint density at radius 3 is 2.27 bits per heavy atom. The van der Waals surface area contributed by atoms with Crippen molar-refractivity contribution in [3.8, 4) is 0 Å². The van der Waals surface area contributed by atoms with Gasteiger partial charge < -0.3 is 5.32 Å². The van der Waals surface area contributed by atoms with E-state index in [0.29, 0.717) is 13.1 Å². The standard InChI is InChI=1S/C20H20ClF3N2O3S/c21-16-10-9-14(13-18(16)30(28,29)26-11-5-1-2-6-12-26)19(27)25-17-8-4-3-7-15(17)20(22,23)24/h3-4,7-10,13H,1-2,5-6,11-12H2,(H,25,27). The number of anilines is 1. The Balaban J connectivity index is 1.91. The van der Waals surface area contributed by atoms with Gasteiger partial charge in [-0.25, -0.2) is 8.42 Å². The molecule has 0 aromatic heterocycles. The molecule has 0 unspecified atom stereocenters. The number of benzene rings is 2. The zero-order valence-corrected chi connectivity index (χ0v) is 17.4. The number of hydrogen-bond donors (Lipinski definition) is 1. The van der Waals surface area contributed by atoms with Crippen LogP contribution in [0.2, 0.25) is 5.02 Å². The number of para-hydroxylation sites is 1. The van der Waals surface area contributed by atoms with Crippen LogP contribution in [-0.4, -0.2) is 31.7 Å². The quantitative estimate of drug-likeness (QED) is 0.684. The fourth-order valence-electron chi connectivity index (χ4n) is 3.30. The number of rotatable bonds is 4. The highest BCUT2D eigenvalue weighted by Gasteiger charge is 2.34. The number of carbonyl (C=O) groups is 1. The lowest BCUT2D eigenvalue weighted by atomic mass is 10.1. The molecule has 2 aromatic carbocycles. The third-order valence-corrected chi connectivity index (χ3v) is 7.24. The van der Waals surface area contributed by atoms with Crippen LogP contribution in [0.15, 0.2) is 47.4 Å². The number of halogens is 4. The van der Waals surface area contributed by atoms with E-state index in [4.69, 9.17) is 11.6 Å². The molecule has 1 heterocycles. The maximum Gasteiger partial charge on any atom is 0.418 e. The van der Waals surface area contributed by atoms with Gasteiger partial charge >= 0.3 is 6.18 Å². The number of sulfonamides is 1. The first-order valence-electron chi connectivity index (χ1n) is 9.38. The topological polar surface area (TPSA) is 66.5 Å². The lowest BCUT2D eigenvalue weighted by Gasteiger charge is -2.21. The molecule has 0 aliphatic carbocycles. The largest absolute Gasteiger partial charge is 0.418 e. The van der Waals surface area contributed by atoms with Crippen molar-refractivity contribution in [2.45, 2.75) is 36.8 Å². The third kappa shape index (κ3) is 4.96. The van der Waals surface area contributed by atoms with E-state index in [1.54, 1.807) is 0 Å². The van der Waals surface area contributed by atoms with Crippen molar-refractivity contribution in [1.29, 1.82) is 0 Å². The molecular formula is C20H20ClF3N2O3S. The first kappa shape index (κ1) is 22.6. The monoisotopic (exact) mass is 460 g/mol. The van der Waals surface area contributed by atoms with E-state index >= 15 is 0 Å². The Morgan fingerprint density at radius 2 is 1.63 bits per heavy atom. The molecule has 1 N–H and O–H groups in total. The van der Waals surface area contributed by atoms with Crippen LogP contribution in [0, 0.1) is 0 Å². The van der Waals surface area contributed by atoms with Crippen LogP contribution in [-0.2, 0) is 16.2 Å². The normalized spacial score (nSPS) is 16.1. The van der Waals surface area contributed by atoms with Crippen LogP contribution in [0.25, 0.3) is 0 Å². The van der Waals surface area contributed by atoms with Crippen molar-refractivity contribution in [3.05, 3.63) is 58.6 Å². The Morgan fingerprint density at radius 1 is 1.00 bits per heavy atom. The predicted molar refractivity (Wildman–Crippen MR) is 108 cm³/mol. The zero-order valence-electron chi connectivity index (χ0n) is 15.9. The Bertz CT molecular complexity index is 1030. The molecule has 5 nitrogen and oxygen atoms in total. The van der Waals surface area contributed by atoms with Gasteiger partial charge in [-0.05, 0) is 43.2 Å². The second-order valence-corrected chi connectivity index (χ2v) is 9.27. The molecule has 3 rings (SSSR count). The van der Waals surface area contributed by atoms with E-state index in [0.717, 1.165) is 43.9 Å². The Labute approximate surface area is 177 Å². The summed E-state index contributed by atoms with van der Waals surface area (Å²) >= 11 is 6.10. The van der Waals surface area contributed by atoms with E-state index in [9.17, 15) is 26.4 Å². The summed E-state index contributed by atoms with van der Waals surface area (Å²) in [5.74, 6) is -0.865. The van der Waals surface area contributed by atoms with Crippen LogP contribution in [0.1, 0.15) is 41.6 Å². The summed E-state index contributed by atoms with van der Waals surface area (Å²) in [6, 6.07) is 8.20. The van der Waals surface area contributed by atoms with Crippen LogP contribution < -0.4 is 5.32 Å². The van der Waals surface area contributed by atoms with Gasteiger partial charge in [-0.3, -0.25) is 4.79 Å². The Hall–Kier alpha value is -2.10. The zero-order chi connectivity index (χ0) is 21.9. The van der Waals surface area contributed by atoms with Crippen LogP contribution in [0.4, 0.5) is 18.9 Å². The van der Waals surface area contributed by atoms with Crippen LogP contribution >= 0.6 is 11.6 Å². The predicted octanol–water partition coefficient (Wildman–Crippen LogP) is 5.18. The van der Waals surface area contributed by atoms with Crippen molar-refractivity contribution in [2.24, 2.45) is 0 Å². The second kappa shape index (κ2) is 8.95. The summed E-state index contributed by atoms with van der Waals surface area (Å²) in [4.78, 5) is 12.4. The van der Waals surface area contributed by atoms with Gasteiger partial charge in [-0.15, -0.1) is 0 Å². The van der Waals surface area contributed by atoms with E-state index in [1.807, 2.05) is 0 Å². The smallest absolute Gasteiger partial charge is 0.321 e. The summed E-state index contributed by atoms with van der Waals surface area (Å²) in [5, 5.41) is 2.16. The molecule has 0 atom stereocenters. The number of alkyl halides is 3. The van der Waals surface area contributed by atoms with Crippen molar-refractivity contribution < 1.29 is 26.4 Å². The molecule has 30 heavy (non-hydrogen) atoms. The van der Waals surface area contributed by atoms with Gasteiger partial charge in [0, 0.05) is 18.7 Å². The number of hydrogen-bond acceptors (Lipinski definition) is 3. The lowest BCUT2D eigenvalue weighted by molar-refractivity contribution is -0.136. The van der Waals surface area contributed by atoms with Gasteiger partial charge in [0.1, 0.15) is 4.90 Å². The number of nitrogens with zero attached hydrogens (tertiary/aromatic N) is 1. The van der Waals surface area contributed by atoms with Crippen molar-refractivity contribution in [1.82, 2.24) is 4.31 Å². The number of amides is 1. The SMILES string of the molecule is O=C(Nc1ccccc1C(F)(F)F)c1ccc(Cl)c(S(=O)(=O)N2CCCCCC2)c1. The molecule has 1 amide bonds. The summed E-state index contributed by atoms with van der Waals surface area (Å²) in [6.07, 6.45) is -1.33. The third-order valence-electron chi connectivity index (χ3n) is 4.86. The molecule has 2 aromatic rings.